The Morgan fingerprint density at radius 3 is 2.64 bits per heavy atom. The smallest absolute Gasteiger partial charge is 0.185 e. The third kappa shape index (κ3) is 3.83. The molecule has 2 fully saturated rings. The predicted octanol–water partition coefficient (Wildman–Crippen LogP) is 4.17. The molecule has 2 heterocycles. The summed E-state index contributed by atoms with van der Waals surface area (Å²) in [5.74, 6) is 1.39. The van der Waals surface area contributed by atoms with E-state index in [2.05, 4.69) is 39.1 Å². The molecular weight excluding hydrogens is 421 g/mol. The molecule has 0 radical (unpaired) electrons. The van der Waals surface area contributed by atoms with Crippen molar-refractivity contribution in [2.45, 2.75) is 58.2 Å². The Bertz CT molecular complexity index is 1170. The van der Waals surface area contributed by atoms with Gasteiger partial charge in [-0.15, -0.1) is 10.2 Å². The number of benzene rings is 1. The lowest BCUT2D eigenvalue weighted by molar-refractivity contribution is -0.0540. The number of halogens is 1. The van der Waals surface area contributed by atoms with Crippen LogP contribution in [0.3, 0.4) is 0 Å². The Morgan fingerprint density at radius 1 is 1.15 bits per heavy atom. The summed E-state index contributed by atoms with van der Waals surface area (Å²) < 4.78 is 17.2. The molecule has 2 aliphatic rings. The summed E-state index contributed by atoms with van der Waals surface area (Å²) in [4.78, 5) is 10.5. The zero-order valence-corrected chi connectivity index (χ0v) is 19.5. The van der Waals surface area contributed by atoms with Crippen LogP contribution in [0.2, 0.25) is 0 Å². The minimum absolute atomic E-state index is 0.0210. The molecule has 5 rings (SSSR count). The number of anilines is 1. The molecule has 1 N–H and O–H groups in total. The first-order chi connectivity index (χ1) is 15.7. The second kappa shape index (κ2) is 7.74. The van der Waals surface area contributed by atoms with Crippen LogP contribution in [-0.4, -0.2) is 54.3 Å². The van der Waals surface area contributed by atoms with Gasteiger partial charge in [0.05, 0.1) is 17.8 Å². The van der Waals surface area contributed by atoms with E-state index in [1.165, 1.54) is 0 Å². The van der Waals surface area contributed by atoms with Gasteiger partial charge < -0.3 is 10.0 Å². The van der Waals surface area contributed by atoms with Crippen LogP contribution in [0.25, 0.3) is 22.8 Å². The minimum atomic E-state index is -0.922. The van der Waals surface area contributed by atoms with Crippen LogP contribution in [-0.2, 0) is 7.05 Å². The monoisotopic (exact) mass is 451 g/mol. The predicted molar refractivity (Wildman–Crippen MR) is 123 cm³/mol. The number of nitrogens with zero attached hydrogens (tertiary/aromatic N) is 7. The summed E-state index contributed by atoms with van der Waals surface area (Å²) in [6.45, 7) is 4.38. The van der Waals surface area contributed by atoms with Crippen LogP contribution in [0.1, 0.15) is 46.0 Å². The van der Waals surface area contributed by atoms with Gasteiger partial charge in [0.2, 0.25) is 0 Å². The molecule has 0 saturated heterocycles. The molecule has 33 heavy (non-hydrogen) atoms. The van der Waals surface area contributed by atoms with Gasteiger partial charge in [-0.3, -0.25) is 4.68 Å². The third-order valence-electron chi connectivity index (χ3n) is 7.57. The Hall–Kier alpha value is -3.10. The molecule has 2 saturated carbocycles. The van der Waals surface area contributed by atoms with Gasteiger partial charge in [0.15, 0.2) is 17.5 Å². The second-order valence-electron chi connectivity index (χ2n) is 10.4. The van der Waals surface area contributed by atoms with Crippen LogP contribution >= 0.6 is 0 Å². The van der Waals surface area contributed by atoms with Crippen LogP contribution in [0.4, 0.5) is 10.2 Å². The third-order valence-corrected chi connectivity index (χ3v) is 7.57. The number of alkyl halides is 1. The number of aromatic hydroxyl groups is 1. The van der Waals surface area contributed by atoms with Crippen molar-refractivity contribution in [3.05, 3.63) is 30.7 Å². The summed E-state index contributed by atoms with van der Waals surface area (Å²) in [5.41, 5.74) is 1.03. The average Bonchev–Trinajstić information content (AvgIpc) is 3.22. The summed E-state index contributed by atoms with van der Waals surface area (Å²) in [6.07, 6.45) is 7.20. The van der Waals surface area contributed by atoms with Gasteiger partial charge in [-0.25, -0.2) is 14.4 Å². The summed E-state index contributed by atoms with van der Waals surface area (Å²) in [5, 5.41) is 23.4. The molecule has 0 unspecified atom stereocenters. The fourth-order valence-electron chi connectivity index (χ4n) is 5.94. The van der Waals surface area contributed by atoms with Crippen molar-refractivity contribution >= 4 is 5.82 Å². The molecule has 0 amide bonds. The Balaban J connectivity index is 1.37. The Morgan fingerprint density at radius 2 is 1.97 bits per heavy atom. The highest BCUT2D eigenvalue weighted by molar-refractivity contribution is 5.70. The number of phenols is 1. The normalized spacial score (nSPS) is 29.1. The van der Waals surface area contributed by atoms with Gasteiger partial charge in [-0.1, -0.05) is 26.3 Å². The van der Waals surface area contributed by atoms with Crippen LogP contribution in [0, 0.1) is 10.8 Å². The quantitative estimate of drug-likeness (QED) is 0.636. The van der Waals surface area contributed by atoms with Crippen LogP contribution in [0.5, 0.6) is 5.75 Å². The molecule has 0 aliphatic heterocycles. The molecule has 1 aromatic carbocycles. The number of fused-ring (bicyclic) bond motifs is 2. The fourth-order valence-corrected chi connectivity index (χ4v) is 5.94. The van der Waals surface area contributed by atoms with Crippen molar-refractivity contribution in [2.75, 3.05) is 11.9 Å². The van der Waals surface area contributed by atoms with Gasteiger partial charge in [0.1, 0.15) is 18.2 Å². The van der Waals surface area contributed by atoms with Crippen LogP contribution in [0.15, 0.2) is 30.7 Å². The maximum atomic E-state index is 15.6. The lowest BCUT2D eigenvalue weighted by Crippen LogP contribution is -2.57. The maximum absolute atomic E-state index is 15.6. The zero-order chi connectivity index (χ0) is 23.4. The SMILES string of the molecule is CN(c1cnc(-c2ccc(-c3ncn(C)n3)cc2O)nn1)[C@@H]1C[C@@]2(C)CCC[C@](C)(C2)[C@@H]1F. The van der Waals surface area contributed by atoms with E-state index in [4.69, 9.17) is 0 Å². The van der Waals surface area contributed by atoms with Gasteiger partial charge in [-0.2, -0.15) is 5.10 Å². The zero-order valence-electron chi connectivity index (χ0n) is 19.5. The summed E-state index contributed by atoms with van der Waals surface area (Å²) in [6, 6.07) is 4.87. The van der Waals surface area contributed by atoms with E-state index in [0.717, 1.165) is 32.1 Å². The van der Waals surface area contributed by atoms with Gasteiger partial charge >= 0.3 is 0 Å². The highest BCUT2D eigenvalue weighted by Gasteiger charge is 2.54. The lowest BCUT2D eigenvalue weighted by Gasteiger charge is -2.55. The molecule has 4 atom stereocenters. The van der Waals surface area contributed by atoms with E-state index in [-0.39, 0.29) is 22.6 Å². The molecule has 3 aromatic rings. The molecule has 174 valence electrons. The first-order valence-electron chi connectivity index (χ1n) is 11.4. The first kappa shape index (κ1) is 21.7. The molecule has 2 bridgehead atoms. The maximum Gasteiger partial charge on any atom is 0.185 e. The van der Waals surface area contributed by atoms with Gasteiger partial charge in [0.25, 0.3) is 0 Å². The number of hydrogen-bond acceptors (Lipinski definition) is 7. The lowest BCUT2D eigenvalue weighted by atomic mass is 9.54. The summed E-state index contributed by atoms with van der Waals surface area (Å²) in [7, 11) is 3.66. The Labute approximate surface area is 192 Å². The van der Waals surface area contributed by atoms with Crippen molar-refractivity contribution < 1.29 is 9.50 Å². The molecule has 9 heteroatoms. The van der Waals surface area contributed by atoms with Crippen molar-refractivity contribution in [3.8, 4) is 28.5 Å². The van der Waals surface area contributed by atoms with Crippen molar-refractivity contribution in [2.24, 2.45) is 17.9 Å². The molecule has 2 aliphatic carbocycles. The number of aromatic nitrogens is 6. The van der Waals surface area contributed by atoms with Gasteiger partial charge in [0, 0.05) is 25.1 Å². The molecule has 8 nitrogen and oxygen atoms in total. The van der Waals surface area contributed by atoms with Gasteiger partial charge in [-0.05, 0) is 43.2 Å². The molecule has 2 aromatic heterocycles. The number of rotatable bonds is 4. The molecule has 0 spiro atoms. The standard InChI is InChI=1S/C24H30FN7O/c1-23-8-5-9-24(2,13-23)20(25)17(11-23)32(4)19-12-26-22(29-28-19)16-7-6-15(10-18(16)33)21-27-14-31(3)30-21/h6-7,10,12,14,17,20,33H,5,8-9,11,13H2,1-4H3/t17-,20-,23-,24-/m1/s1. The average molecular weight is 452 g/mol. The molecular formula is C24H30FN7O. The van der Waals surface area contributed by atoms with E-state index in [9.17, 15) is 5.11 Å². The van der Waals surface area contributed by atoms with E-state index >= 15 is 4.39 Å². The Kier molecular flexibility index (Phi) is 5.10. The minimum Gasteiger partial charge on any atom is -0.507 e. The van der Waals surface area contributed by atoms with Crippen molar-refractivity contribution in [1.82, 2.24) is 29.9 Å². The van der Waals surface area contributed by atoms with E-state index in [0.29, 0.717) is 28.6 Å². The van der Waals surface area contributed by atoms with Crippen molar-refractivity contribution in [1.29, 1.82) is 0 Å². The second-order valence-corrected chi connectivity index (χ2v) is 10.4. The number of hydrogen-bond donors (Lipinski definition) is 1. The van der Waals surface area contributed by atoms with Crippen molar-refractivity contribution in [3.63, 3.8) is 0 Å². The topological polar surface area (TPSA) is 92.9 Å². The first-order valence-corrected chi connectivity index (χ1v) is 11.4. The number of aryl methyl sites for hydroxylation is 1. The highest BCUT2D eigenvalue weighted by Crippen LogP contribution is 2.57. The highest BCUT2D eigenvalue weighted by atomic mass is 19.1. The van der Waals surface area contributed by atoms with E-state index in [1.54, 1.807) is 36.4 Å². The summed E-state index contributed by atoms with van der Waals surface area (Å²) >= 11 is 0. The fraction of sp³-hybridized carbons (Fsp3) is 0.542. The van der Waals surface area contributed by atoms with Crippen LogP contribution < -0.4 is 4.90 Å². The number of phenolic OH excluding ortho intramolecular Hbond substituents is 1. The van der Waals surface area contributed by atoms with E-state index < -0.39 is 6.17 Å². The largest absolute Gasteiger partial charge is 0.507 e. The van der Waals surface area contributed by atoms with E-state index in [1.807, 2.05) is 18.0 Å².